The molecule has 1 unspecified atom stereocenters. The van der Waals surface area contributed by atoms with Gasteiger partial charge < -0.3 is 15.5 Å². The van der Waals surface area contributed by atoms with Crippen LogP contribution in [-0.2, 0) is 6.54 Å². The Morgan fingerprint density at radius 3 is 2.79 bits per heavy atom. The van der Waals surface area contributed by atoms with E-state index in [4.69, 9.17) is 0 Å². The van der Waals surface area contributed by atoms with Crippen molar-refractivity contribution in [3.05, 3.63) is 48.0 Å². The van der Waals surface area contributed by atoms with E-state index in [-0.39, 0.29) is 18.4 Å². The molecule has 0 bridgehead atoms. The summed E-state index contributed by atoms with van der Waals surface area (Å²) in [5.74, 6) is 0.807. The second kappa shape index (κ2) is 9.52. The molecule has 1 aromatic heterocycles. The Hall–Kier alpha value is -2.64. The van der Waals surface area contributed by atoms with Crippen molar-refractivity contribution in [1.82, 2.24) is 20.2 Å². The zero-order chi connectivity index (χ0) is 19.9. The summed E-state index contributed by atoms with van der Waals surface area (Å²) in [5, 5.41) is 6.53. The number of hydrogen-bond donors (Lipinski definition) is 2. The maximum Gasteiger partial charge on any atom is 0.319 e. The lowest BCUT2D eigenvalue weighted by molar-refractivity contribution is 0.0671. The Kier molecular flexibility index (Phi) is 6.84. The van der Waals surface area contributed by atoms with Gasteiger partial charge in [-0.1, -0.05) is 12.1 Å². The fourth-order valence-corrected chi connectivity index (χ4v) is 3.37. The Balaban J connectivity index is 1.69. The van der Waals surface area contributed by atoms with Crippen molar-refractivity contribution in [2.24, 2.45) is 4.99 Å². The maximum atomic E-state index is 13.0. The Morgan fingerprint density at radius 1 is 1.29 bits per heavy atom. The van der Waals surface area contributed by atoms with Gasteiger partial charge in [-0.25, -0.2) is 9.98 Å². The zero-order valence-corrected chi connectivity index (χ0v) is 16.4. The summed E-state index contributed by atoms with van der Waals surface area (Å²) >= 11 is 0. The summed E-state index contributed by atoms with van der Waals surface area (Å²) in [4.78, 5) is 10.8. The van der Waals surface area contributed by atoms with Crippen molar-refractivity contribution in [2.75, 3.05) is 24.5 Å². The number of aliphatic imine (C=N–C) groups is 1. The lowest BCUT2D eigenvalue weighted by Gasteiger charge is -2.22. The third-order valence-corrected chi connectivity index (χ3v) is 4.88. The number of imidazole rings is 1. The monoisotopic (exact) mass is 390 g/mol. The van der Waals surface area contributed by atoms with E-state index < -0.39 is 6.55 Å². The SMILES string of the molecule is CCNC(=NCc1nccn1C(F)F)NC(C)c1cccc(N2CCCC2)c1. The molecule has 1 aliphatic rings. The number of alkyl halides is 2. The molecule has 1 aromatic carbocycles. The van der Waals surface area contributed by atoms with E-state index in [1.54, 1.807) is 0 Å². The normalized spacial score (nSPS) is 15.9. The predicted molar refractivity (Wildman–Crippen MR) is 108 cm³/mol. The largest absolute Gasteiger partial charge is 0.372 e. The highest BCUT2D eigenvalue weighted by Gasteiger charge is 2.15. The van der Waals surface area contributed by atoms with Crippen molar-refractivity contribution in [2.45, 2.75) is 45.8 Å². The molecule has 1 atom stereocenters. The topological polar surface area (TPSA) is 57.5 Å². The van der Waals surface area contributed by atoms with Gasteiger partial charge in [-0.15, -0.1) is 0 Å². The van der Waals surface area contributed by atoms with E-state index in [1.807, 2.05) is 6.92 Å². The molecule has 152 valence electrons. The van der Waals surface area contributed by atoms with Crippen LogP contribution >= 0.6 is 0 Å². The lowest BCUT2D eigenvalue weighted by atomic mass is 10.1. The molecular weight excluding hydrogens is 362 g/mol. The highest BCUT2D eigenvalue weighted by atomic mass is 19.3. The molecule has 1 aliphatic heterocycles. The number of rotatable bonds is 7. The lowest BCUT2D eigenvalue weighted by Crippen LogP contribution is -2.38. The van der Waals surface area contributed by atoms with Gasteiger partial charge in [0.05, 0.1) is 6.04 Å². The molecule has 1 fully saturated rings. The third kappa shape index (κ3) is 4.99. The summed E-state index contributed by atoms with van der Waals surface area (Å²) in [7, 11) is 0. The van der Waals surface area contributed by atoms with Crippen molar-refractivity contribution in [1.29, 1.82) is 0 Å². The molecule has 0 radical (unpaired) electrons. The van der Waals surface area contributed by atoms with E-state index >= 15 is 0 Å². The van der Waals surface area contributed by atoms with Gasteiger partial charge in [0.1, 0.15) is 12.4 Å². The van der Waals surface area contributed by atoms with E-state index in [9.17, 15) is 8.78 Å². The first-order valence-electron chi connectivity index (χ1n) is 9.78. The number of aromatic nitrogens is 2. The molecule has 6 nitrogen and oxygen atoms in total. The van der Waals surface area contributed by atoms with Gasteiger partial charge in [0, 0.05) is 37.7 Å². The molecule has 2 N–H and O–H groups in total. The number of halogens is 2. The van der Waals surface area contributed by atoms with E-state index in [2.05, 4.69) is 56.7 Å². The quantitative estimate of drug-likeness (QED) is 0.559. The average molecular weight is 390 g/mol. The van der Waals surface area contributed by atoms with Gasteiger partial charge in [-0.3, -0.25) is 4.57 Å². The molecule has 28 heavy (non-hydrogen) atoms. The van der Waals surface area contributed by atoms with Crippen LogP contribution in [0.2, 0.25) is 0 Å². The second-order valence-electron chi connectivity index (χ2n) is 6.88. The number of nitrogens with one attached hydrogen (secondary N) is 2. The Bertz CT molecular complexity index is 783. The van der Waals surface area contributed by atoms with Crippen LogP contribution < -0.4 is 15.5 Å². The summed E-state index contributed by atoms with van der Waals surface area (Å²) in [5.41, 5.74) is 2.40. The van der Waals surface area contributed by atoms with Gasteiger partial charge in [-0.2, -0.15) is 8.78 Å². The first-order valence-corrected chi connectivity index (χ1v) is 9.78. The average Bonchev–Trinajstić information content (AvgIpc) is 3.38. The Morgan fingerprint density at radius 2 is 2.07 bits per heavy atom. The zero-order valence-electron chi connectivity index (χ0n) is 16.4. The number of nitrogens with zero attached hydrogens (tertiary/aromatic N) is 4. The molecule has 0 aliphatic carbocycles. The van der Waals surface area contributed by atoms with Crippen molar-refractivity contribution < 1.29 is 8.78 Å². The van der Waals surface area contributed by atoms with E-state index in [1.165, 1.54) is 30.9 Å². The minimum absolute atomic E-state index is 0.0233. The highest BCUT2D eigenvalue weighted by molar-refractivity contribution is 5.80. The number of benzene rings is 1. The molecule has 3 rings (SSSR count). The van der Waals surface area contributed by atoms with Crippen LogP contribution in [0.5, 0.6) is 0 Å². The van der Waals surface area contributed by atoms with Crippen LogP contribution in [0.4, 0.5) is 14.5 Å². The molecular formula is C20H28F2N6. The first kappa shape index (κ1) is 20.1. The molecule has 0 saturated carbocycles. The fraction of sp³-hybridized carbons (Fsp3) is 0.500. The van der Waals surface area contributed by atoms with Crippen LogP contribution in [0.15, 0.2) is 41.7 Å². The summed E-state index contributed by atoms with van der Waals surface area (Å²) in [6.07, 6.45) is 5.11. The number of anilines is 1. The summed E-state index contributed by atoms with van der Waals surface area (Å²) < 4.78 is 26.8. The van der Waals surface area contributed by atoms with Gasteiger partial charge in [0.25, 0.3) is 0 Å². The van der Waals surface area contributed by atoms with E-state index in [0.29, 0.717) is 12.5 Å². The van der Waals surface area contributed by atoms with Gasteiger partial charge in [0.15, 0.2) is 5.96 Å². The number of guanidine groups is 1. The molecule has 2 aromatic rings. The van der Waals surface area contributed by atoms with Crippen LogP contribution in [0.1, 0.15) is 50.7 Å². The highest BCUT2D eigenvalue weighted by Crippen LogP contribution is 2.24. The molecule has 8 heteroatoms. The maximum absolute atomic E-state index is 13.0. The summed E-state index contributed by atoms with van der Waals surface area (Å²) in [6.45, 7) is 4.38. The third-order valence-electron chi connectivity index (χ3n) is 4.88. The fourth-order valence-electron chi connectivity index (χ4n) is 3.37. The van der Waals surface area contributed by atoms with Crippen LogP contribution in [0.3, 0.4) is 0 Å². The predicted octanol–water partition coefficient (Wildman–Crippen LogP) is 3.69. The molecule has 0 amide bonds. The van der Waals surface area contributed by atoms with Crippen molar-refractivity contribution in [3.63, 3.8) is 0 Å². The summed E-state index contributed by atoms with van der Waals surface area (Å²) in [6, 6.07) is 8.53. The van der Waals surface area contributed by atoms with Crippen LogP contribution in [0, 0.1) is 0 Å². The van der Waals surface area contributed by atoms with Gasteiger partial charge in [0.2, 0.25) is 0 Å². The Labute approximate surface area is 164 Å². The minimum Gasteiger partial charge on any atom is -0.372 e. The first-order chi connectivity index (χ1) is 13.6. The molecule has 1 saturated heterocycles. The smallest absolute Gasteiger partial charge is 0.319 e. The van der Waals surface area contributed by atoms with Crippen molar-refractivity contribution in [3.8, 4) is 0 Å². The minimum atomic E-state index is -2.62. The standard InChI is InChI=1S/C20H28F2N6/c1-3-23-20(25-14-18-24-9-12-28(18)19(21)22)26-15(2)16-7-6-8-17(13-16)27-10-4-5-11-27/h6-9,12-13,15,19H,3-5,10-11,14H2,1-2H3,(H2,23,25,26). The number of hydrogen-bond acceptors (Lipinski definition) is 3. The second-order valence-corrected chi connectivity index (χ2v) is 6.88. The van der Waals surface area contributed by atoms with Crippen LogP contribution in [-0.4, -0.2) is 35.1 Å². The van der Waals surface area contributed by atoms with Gasteiger partial charge in [-0.05, 0) is 44.4 Å². The van der Waals surface area contributed by atoms with Crippen molar-refractivity contribution >= 4 is 11.6 Å². The molecule has 0 spiro atoms. The molecule has 2 heterocycles. The van der Waals surface area contributed by atoms with Gasteiger partial charge >= 0.3 is 6.55 Å². The van der Waals surface area contributed by atoms with E-state index in [0.717, 1.165) is 23.2 Å². The van der Waals surface area contributed by atoms with Crippen LogP contribution in [0.25, 0.3) is 0 Å².